The van der Waals surface area contributed by atoms with Gasteiger partial charge in [0.2, 0.25) is 0 Å². The van der Waals surface area contributed by atoms with E-state index in [0.717, 1.165) is 5.56 Å². The summed E-state index contributed by atoms with van der Waals surface area (Å²) in [4.78, 5) is 24.6. The third-order valence-electron chi connectivity index (χ3n) is 5.05. The van der Waals surface area contributed by atoms with E-state index >= 15 is 4.39 Å². The van der Waals surface area contributed by atoms with Gasteiger partial charge in [-0.3, -0.25) is 0 Å². The van der Waals surface area contributed by atoms with Crippen molar-refractivity contribution in [3.8, 4) is 11.1 Å². The van der Waals surface area contributed by atoms with Crippen LogP contribution >= 0.6 is 0 Å². The summed E-state index contributed by atoms with van der Waals surface area (Å²) in [6, 6.07) is 12.0. The highest BCUT2D eigenvalue weighted by Crippen LogP contribution is 2.36. The van der Waals surface area contributed by atoms with Crippen LogP contribution in [0.15, 0.2) is 42.5 Å². The summed E-state index contributed by atoms with van der Waals surface area (Å²) in [5, 5.41) is 9.40. The molecule has 2 unspecified atom stereocenters. The van der Waals surface area contributed by atoms with Gasteiger partial charge in [0.25, 0.3) is 0 Å². The van der Waals surface area contributed by atoms with Crippen LogP contribution in [0.3, 0.4) is 0 Å². The van der Waals surface area contributed by atoms with Crippen molar-refractivity contribution < 1.29 is 33.3 Å². The van der Waals surface area contributed by atoms with E-state index in [-0.39, 0.29) is 32.9 Å². The highest BCUT2D eigenvalue weighted by molar-refractivity contribution is 5.71. The molecule has 31 heavy (non-hydrogen) atoms. The molecule has 0 aliphatic carbocycles. The number of esters is 1. The fourth-order valence-electron chi connectivity index (χ4n) is 3.67. The van der Waals surface area contributed by atoms with Gasteiger partial charge < -0.3 is 24.2 Å². The fourth-order valence-corrected chi connectivity index (χ4v) is 3.67. The molecule has 0 saturated carbocycles. The van der Waals surface area contributed by atoms with Crippen molar-refractivity contribution >= 4 is 12.1 Å². The van der Waals surface area contributed by atoms with E-state index in [4.69, 9.17) is 14.2 Å². The van der Waals surface area contributed by atoms with E-state index in [9.17, 15) is 14.7 Å². The maximum atomic E-state index is 15.0. The molecule has 2 atom stereocenters. The van der Waals surface area contributed by atoms with Gasteiger partial charge in [-0.25, -0.2) is 14.0 Å². The van der Waals surface area contributed by atoms with E-state index in [2.05, 4.69) is 0 Å². The highest BCUT2D eigenvalue weighted by Gasteiger charge is 2.34. The van der Waals surface area contributed by atoms with Crippen LogP contribution in [-0.4, -0.2) is 61.1 Å². The summed E-state index contributed by atoms with van der Waals surface area (Å²) in [5.41, 5.74) is 2.42. The lowest BCUT2D eigenvalue weighted by Crippen LogP contribution is -2.48. The lowest BCUT2D eigenvalue weighted by atomic mass is 9.92. The number of hydrogen-bond acceptors (Lipinski definition) is 5. The molecule has 2 aromatic rings. The molecule has 1 fully saturated rings. The summed E-state index contributed by atoms with van der Waals surface area (Å²) < 4.78 is 31.7. The van der Waals surface area contributed by atoms with E-state index in [1.54, 1.807) is 25.1 Å². The fraction of sp³-hybridized carbons (Fsp3) is 0.391. The number of halogens is 1. The number of ether oxygens (including phenoxy) is 3. The number of morpholine rings is 1. The Hall–Kier alpha value is -2.97. The molecule has 0 spiro atoms. The van der Waals surface area contributed by atoms with Gasteiger partial charge in [-0.2, -0.15) is 0 Å². The molecule has 0 aromatic heterocycles. The minimum Gasteiger partial charge on any atom is -0.465 e. The number of carboxylic acid groups (broad SMARTS) is 1. The molecule has 1 heterocycles. The maximum absolute atomic E-state index is 15.0. The summed E-state index contributed by atoms with van der Waals surface area (Å²) in [5.74, 6) is -1.01. The third-order valence-corrected chi connectivity index (χ3v) is 5.05. The van der Waals surface area contributed by atoms with Crippen LogP contribution in [0.4, 0.5) is 9.18 Å². The molecular formula is C23H26FNO6. The van der Waals surface area contributed by atoms with Crippen LogP contribution in [0.1, 0.15) is 24.2 Å². The van der Waals surface area contributed by atoms with Gasteiger partial charge >= 0.3 is 12.1 Å². The Labute approximate surface area is 180 Å². The number of benzene rings is 2. The van der Waals surface area contributed by atoms with Crippen molar-refractivity contribution in [2.45, 2.75) is 26.1 Å². The molecule has 2 aromatic carbocycles. The summed E-state index contributed by atoms with van der Waals surface area (Å²) in [6.07, 6.45) is -2.67. The average Bonchev–Trinajstić information content (AvgIpc) is 2.74. The predicted octanol–water partition coefficient (Wildman–Crippen LogP) is 3.80. The van der Waals surface area contributed by atoms with Gasteiger partial charge in [0, 0.05) is 12.1 Å². The number of nitrogens with zero attached hydrogens (tertiary/aromatic N) is 1. The summed E-state index contributed by atoms with van der Waals surface area (Å²) in [7, 11) is 0. The molecule has 0 bridgehead atoms. The standard InChI is InChI=1S/C23H26FNO6/c1-3-29-20(26)14-31-22(19-13-25(23(27)28)10-11-30-19)17-8-5-9-18(24)21(17)16-7-4-6-15(2)12-16/h4-9,12,19,22H,3,10-11,13-14H2,1-2H3,(H,27,28). The van der Waals surface area contributed by atoms with Crippen molar-refractivity contribution in [3.05, 3.63) is 59.4 Å². The van der Waals surface area contributed by atoms with E-state index < -0.39 is 30.1 Å². The minimum absolute atomic E-state index is 0.0343. The molecule has 7 nitrogen and oxygen atoms in total. The second kappa shape index (κ2) is 10.4. The first-order valence-electron chi connectivity index (χ1n) is 10.1. The smallest absolute Gasteiger partial charge is 0.407 e. The lowest BCUT2D eigenvalue weighted by Gasteiger charge is -2.36. The molecule has 1 amide bonds. The third kappa shape index (κ3) is 5.59. The van der Waals surface area contributed by atoms with Gasteiger partial charge in [0.15, 0.2) is 0 Å². The average molecular weight is 431 g/mol. The minimum atomic E-state index is -1.07. The zero-order valence-corrected chi connectivity index (χ0v) is 17.5. The second-order valence-electron chi connectivity index (χ2n) is 7.25. The number of hydrogen-bond donors (Lipinski definition) is 1. The van der Waals surface area contributed by atoms with Gasteiger partial charge in [-0.05, 0) is 31.0 Å². The quantitative estimate of drug-likeness (QED) is 0.672. The van der Waals surface area contributed by atoms with Crippen molar-refractivity contribution in [3.63, 3.8) is 0 Å². The molecule has 0 radical (unpaired) electrons. The Morgan fingerprint density at radius 3 is 2.77 bits per heavy atom. The van der Waals surface area contributed by atoms with Crippen molar-refractivity contribution in [2.24, 2.45) is 0 Å². The lowest BCUT2D eigenvalue weighted by molar-refractivity contribution is -0.157. The summed E-state index contributed by atoms with van der Waals surface area (Å²) in [6.45, 7) is 3.87. The van der Waals surface area contributed by atoms with Crippen molar-refractivity contribution in [1.82, 2.24) is 4.90 Å². The predicted molar refractivity (Wildman–Crippen MR) is 111 cm³/mol. The molecule has 166 valence electrons. The first kappa shape index (κ1) is 22.7. The van der Waals surface area contributed by atoms with E-state index in [1.807, 2.05) is 25.1 Å². The number of carbonyl (C=O) groups excluding carboxylic acids is 1. The first-order valence-corrected chi connectivity index (χ1v) is 10.1. The van der Waals surface area contributed by atoms with Crippen molar-refractivity contribution in [2.75, 3.05) is 32.9 Å². The molecule has 1 saturated heterocycles. The Kier molecular flexibility index (Phi) is 7.59. The van der Waals surface area contributed by atoms with Crippen LogP contribution in [0, 0.1) is 12.7 Å². The van der Waals surface area contributed by atoms with Crippen LogP contribution in [-0.2, 0) is 19.0 Å². The SMILES string of the molecule is CCOC(=O)COC(c1cccc(F)c1-c1cccc(C)c1)C1CN(C(=O)O)CCO1. The highest BCUT2D eigenvalue weighted by atomic mass is 19.1. The van der Waals surface area contributed by atoms with Crippen LogP contribution < -0.4 is 0 Å². The Morgan fingerprint density at radius 2 is 2.06 bits per heavy atom. The van der Waals surface area contributed by atoms with Crippen molar-refractivity contribution in [1.29, 1.82) is 0 Å². The molecular weight excluding hydrogens is 405 g/mol. The van der Waals surface area contributed by atoms with E-state index in [1.165, 1.54) is 11.0 Å². The number of aryl methyl sites for hydroxylation is 1. The Balaban J connectivity index is 2.01. The molecule has 8 heteroatoms. The number of carbonyl (C=O) groups is 2. The second-order valence-corrected chi connectivity index (χ2v) is 7.25. The first-order chi connectivity index (χ1) is 14.9. The largest absolute Gasteiger partial charge is 0.465 e. The van der Waals surface area contributed by atoms with Gasteiger partial charge in [0.05, 0.1) is 19.8 Å². The summed E-state index contributed by atoms with van der Waals surface area (Å²) >= 11 is 0. The Bertz CT molecular complexity index is 934. The normalized spacial score (nSPS) is 17.3. The Morgan fingerprint density at radius 1 is 1.29 bits per heavy atom. The number of rotatable bonds is 7. The van der Waals surface area contributed by atoms with Crippen LogP contribution in [0.2, 0.25) is 0 Å². The van der Waals surface area contributed by atoms with Gasteiger partial charge in [-0.15, -0.1) is 0 Å². The van der Waals surface area contributed by atoms with Gasteiger partial charge in [0.1, 0.15) is 24.6 Å². The number of amides is 1. The van der Waals surface area contributed by atoms with Crippen LogP contribution in [0.25, 0.3) is 11.1 Å². The topological polar surface area (TPSA) is 85.3 Å². The maximum Gasteiger partial charge on any atom is 0.407 e. The zero-order valence-electron chi connectivity index (χ0n) is 17.5. The molecule has 3 rings (SSSR count). The molecule has 1 N–H and O–H groups in total. The molecule has 1 aliphatic heterocycles. The van der Waals surface area contributed by atoms with E-state index in [0.29, 0.717) is 16.7 Å². The monoisotopic (exact) mass is 431 g/mol. The van der Waals surface area contributed by atoms with Crippen LogP contribution in [0.5, 0.6) is 0 Å². The zero-order chi connectivity index (χ0) is 22.4. The molecule has 1 aliphatic rings. The van der Waals surface area contributed by atoms with Gasteiger partial charge in [-0.1, -0.05) is 42.0 Å².